The highest BCUT2D eigenvalue weighted by Gasteiger charge is 2.34. The zero-order chi connectivity index (χ0) is 33.7. The number of nitrogens with one attached hydrogen (secondary N) is 1. The summed E-state index contributed by atoms with van der Waals surface area (Å²) in [5.41, 5.74) is 4.77. The van der Waals surface area contributed by atoms with Crippen LogP contribution in [0.25, 0.3) is 16.8 Å². The average molecular weight is 650 g/mol. The lowest BCUT2D eigenvalue weighted by atomic mass is 9.95. The van der Waals surface area contributed by atoms with Gasteiger partial charge in [-0.3, -0.25) is 14.6 Å². The molecule has 0 bridgehead atoms. The van der Waals surface area contributed by atoms with Crippen molar-refractivity contribution in [2.75, 3.05) is 34.4 Å². The number of H-pyrrole nitrogens is 1. The molecular formula is C36H44ClN3O6. The van der Waals surface area contributed by atoms with Crippen molar-refractivity contribution in [3.8, 4) is 34.1 Å². The lowest BCUT2D eigenvalue weighted by Gasteiger charge is -2.21. The van der Waals surface area contributed by atoms with E-state index < -0.39 is 11.5 Å². The standard InChI is InChI=1S/C36H44ClN3O6/c1-9-10-12-26-30(31-27(44-6)13-11-14-28(31)45-7)34(41)32(35(42)39-26)36(43)40-16-15-23(19-40)22(5)38-33(20(2)3)24-17-21(4)29(46-8)18-25(24)37/h11,13-14,17-18,23H,9-10,12,15-16,19H2,1-8H3,(H2,39,41,42). The Labute approximate surface area is 275 Å². The maximum absolute atomic E-state index is 14.0. The smallest absolute Gasteiger partial charge is 0.264 e. The van der Waals surface area contributed by atoms with Gasteiger partial charge >= 0.3 is 0 Å². The molecule has 1 aliphatic heterocycles. The van der Waals surface area contributed by atoms with E-state index in [1.165, 1.54) is 14.2 Å². The molecule has 2 N–H and O–H groups in total. The number of aryl methyl sites for hydroxylation is 2. The van der Waals surface area contributed by atoms with Crippen molar-refractivity contribution in [3.63, 3.8) is 0 Å². The number of aliphatic imine (C=N–C) groups is 1. The quantitative estimate of drug-likeness (QED) is 0.209. The number of aromatic nitrogens is 1. The van der Waals surface area contributed by atoms with Crippen LogP contribution in [0.5, 0.6) is 23.0 Å². The monoisotopic (exact) mass is 649 g/mol. The van der Waals surface area contributed by atoms with E-state index in [2.05, 4.69) is 4.98 Å². The van der Waals surface area contributed by atoms with Gasteiger partial charge in [-0.05, 0) is 76.8 Å². The third-order valence-corrected chi connectivity index (χ3v) is 8.82. The van der Waals surface area contributed by atoms with Gasteiger partial charge in [0, 0.05) is 36.0 Å². The van der Waals surface area contributed by atoms with Crippen LogP contribution in [0.2, 0.25) is 5.02 Å². The van der Waals surface area contributed by atoms with Gasteiger partial charge in [0.1, 0.15) is 28.6 Å². The fourth-order valence-electron chi connectivity index (χ4n) is 5.96. The van der Waals surface area contributed by atoms with Crippen LogP contribution >= 0.6 is 11.6 Å². The molecule has 0 saturated carbocycles. The Morgan fingerprint density at radius 2 is 1.72 bits per heavy atom. The number of aromatic amines is 1. The molecule has 4 rings (SSSR count). The number of likely N-dealkylation sites (tertiary alicyclic amines) is 1. The van der Waals surface area contributed by atoms with Crippen molar-refractivity contribution < 1.29 is 24.1 Å². The summed E-state index contributed by atoms with van der Waals surface area (Å²) in [6.45, 7) is 10.7. The number of pyridine rings is 1. The molecule has 1 amide bonds. The molecule has 1 aliphatic rings. The summed E-state index contributed by atoms with van der Waals surface area (Å²) in [5.74, 6) is 0.642. The predicted octanol–water partition coefficient (Wildman–Crippen LogP) is 7.45. The summed E-state index contributed by atoms with van der Waals surface area (Å²) < 4.78 is 16.7. The first kappa shape index (κ1) is 34.6. The van der Waals surface area contributed by atoms with E-state index >= 15 is 0 Å². The van der Waals surface area contributed by atoms with Gasteiger partial charge in [-0.15, -0.1) is 0 Å². The number of rotatable bonds is 11. The Morgan fingerprint density at radius 3 is 2.30 bits per heavy atom. The molecule has 46 heavy (non-hydrogen) atoms. The SMILES string of the molecule is CCCCc1[nH]c(=O)c(C(=O)N2CCC(C(C)=NC(=C(C)C)c3cc(C)c(OC)cc3Cl)C2)c(O)c1-c1c(OC)cccc1OC. The summed E-state index contributed by atoms with van der Waals surface area (Å²) in [5, 5.41) is 12.3. The van der Waals surface area contributed by atoms with E-state index in [-0.39, 0.29) is 17.2 Å². The molecule has 2 aromatic carbocycles. The van der Waals surface area contributed by atoms with Gasteiger partial charge in [0.05, 0.1) is 43.2 Å². The number of hydrogen-bond acceptors (Lipinski definition) is 7. The Kier molecular flexibility index (Phi) is 11.2. The molecule has 1 unspecified atom stereocenters. The lowest BCUT2D eigenvalue weighted by Crippen LogP contribution is -2.34. The highest BCUT2D eigenvalue weighted by atomic mass is 35.5. The van der Waals surface area contributed by atoms with Crippen molar-refractivity contribution in [3.05, 3.63) is 73.7 Å². The molecule has 0 radical (unpaired) electrons. The van der Waals surface area contributed by atoms with E-state index in [4.69, 9.17) is 30.8 Å². The minimum atomic E-state index is -0.628. The number of halogens is 1. The minimum absolute atomic E-state index is 0.0461. The third kappa shape index (κ3) is 6.94. The van der Waals surface area contributed by atoms with Gasteiger partial charge in [-0.2, -0.15) is 0 Å². The zero-order valence-corrected chi connectivity index (χ0v) is 28.7. The Hall–Kier alpha value is -4.24. The molecule has 1 saturated heterocycles. The molecule has 3 aromatic rings. The molecule has 10 heteroatoms. The van der Waals surface area contributed by atoms with Gasteiger partial charge in [0.25, 0.3) is 11.5 Å². The normalized spacial score (nSPS) is 14.8. The van der Waals surface area contributed by atoms with Gasteiger partial charge in [-0.25, -0.2) is 0 Å². The number of carbonyl (C=O) groups is 1. The molecule has 0 aliphatic carbocycles. The summed E-state index contributed by atoms with van der Waals surface area (Å²) in [7, 11) is 4.66. The van der Waals surface area contributed by atoms with Crippen molar-refractivity contribution >= 4 is 28.9 Å². The van der Waals surface area contributed by atoms with E-state index in [0.717, 1.165) is 41.0 Å². The highest BCUT2D eigenvalue weighted by Crippen LogP contribution is 2.45. The van der Waals surface area contributed by atoms with E-state index in [1.807, 2.05) is 40.7 Å². The first-order chi connectivity index (χ1) is 22.0. The van der Waals surface area contributed by atoms with Crippen molar-refractivity contribution in [1.82, 2.24) is 9.88 Å². The Bertz CT molecular complexity index is 1720. The molecule has 1 atom stereocenters. The second kappa shape index (κ2) is 14.9. The van der Waals surface area contributed by atoms with Gasteiger partial charge in [-0.1, -0.05) is 36.6 Å². The zero-order valence-electron chi connectivity index (χ0n) is 28.0. The number of ether oxygens (including phenoxy) is 3. The predicted molar refractivity (Wildman–Crippen MR) is 184 cm³/mol. The summed E-state index contributed by atoms with van der Waals surface area (Å²) in [6.07, 6.45) is 2.80. The van der Waals surface area contributed by atoms with Crippen LogP contribution < -0.4 is 19.8 Å². The largest absolute Gasteiger partial charge is 0.506 e. The van der Waals surface area contributed by atoms with Gasteiger partial charge in [0.15, 0.2) is 0 Å². The molecule has 9 nitrogen and oxygen atoms in total. The van der Waals surface area contributed by atoms with Crippen molar-refractivity contribution in [2.45, 2.75) is 60.3 Å². The van der Waals surface area contributed by atoms with Crippen LogP contribution in [0.3, 0.4) is 0 Å². The fourth-order valence-corrected chi connectivity index (χ4v) is 6.20. The second-order valence-electron chi connectivity index (χ2n) is 11.8. The van der Waals surface area contributed by atoms with E-state index in [0.29, 0.717) is 65.0 Å². The van der Waals surface area contributed by atoms with E-state index in [1.54, 1.807) is 36.3 Å². The summed E-state index contributed by atoms with van der Waals surface area (Å²) >= 11 is 6.65. The molecule has 0 spiro atoms. The third-order valence-electron chi connectivity index (χ3n) is 8.51. The Balaban J connectivity index is 1.71. The first-order valence-corrected chi connectivity index (χ1v) is 15.9. The van der Waals surface area contributed by atoms with Crippen molar-refractivity contribution in [1.29, 1.82) is 0 Å². The van der Waals surface area contributed by atoms with Gasteiger partial charge in [0.2, 0.25) is 0 Å². The van der Waals surface area contributed by atoms with Crippen LogP contribution in [0.4, 0.5) is 0 Å². The summed E-state index contributed by atoms with van der Waals surface area (Å²) in [6, 6.07) is 9.05. The Morgan fingerprint density at radius 1 is 1.07 bits per heavy atom. The number of allylic oxidation sites excluding steroid dienone is 1. The maximum Gasteiger partial charge on any atom is 0.264 e. The second-order valence-corrected chi connectivity index (χ2v) is 12.2. The number of nitrogens with zero attached hydrogens (tertiary/aromatic N) is 2. The van der Waals surface area contributed by atoms with Crippen LogP contribution in [0.1, 0.15) is 74.1 Å². The first-order valence-electron chi connectivity index (χ1n) is 15.5. The van der Waals surface area contributed by atoms with Crippen LogP contribution in [-0.2, 0) is 6.42 Å². The number of hydrogen-bond donors (Lipinski definition) is 2. The molecular weight excluding hydrogens is 606 g/mol. The van der Waals surface area contributed by atoms with Crippen LogP contribution in [-0.4, -0.2) is 61.0 Å². The number of amides is 1. The van der Waals surface area contributed by atoms with E-state index in [9.17, 15) is 14.7 Å². The van der Waals surface area contributed by atoms with Crippen LogP contribution in [0.15, 0.2) is 45.7 Å². The summed E-state index contributed by atoms with van der Waals surface area (Å²) in [4.78, 5) is 36.9. The number of aromatic hydroxyl groups is 1. The van der Waals surface area contributed by atoms with Crippen LogP contribution in [0, 0.1) is 12.8 Å². The highest BCUT2D eigenvalue weighted by molar-refractivity contribution is 6.32. The molecule has 246 valence electrons. The molecule has 2 heterocycles. The molecule has 1 aromatic heterocycles. The number of unbranched alkanes of at least 4 members (excludes halogenated alkanes) is 1. The lowest BCUT2D eigenvalue weighted by molar-refractivity contribution is 0.0785. The number of benzene rings is 2. The number of carbonyl (C=O) groups excluding carboxylic acids is 1. The fraction of sp³-hybridized carbons (Fsp3) is 0.417. The van der Waals surface area contributed by atoms with Gasteiger partial charge < -0.3 is 29.2 Å². The minimum Gasteiger partial charge on any atom is -0.506 e. The average Bonchev–Trinajstić information content (AvgIpc) is 3.54. The molecule has 1 fully saturated rings. The number of methoxy groups -OCH3 is 3. The maximum atomic E-state index is 14.0. The topological polar surface area (TPSA) is 113 Å². The van der Waals surface area contributed by atoms with Crippen molar-refractivity contribution in [2.24, 2.45) is 10.9 Å².